The van der Waals surface area contributed by atoms with Crippen molar-refractivity contribution < 1.29 is 14.3 Å². The van der Waals surface area contributed by atoms with Gasteiger partial charge in [-0.3, -0.25) is 9.59 Å². The average molecular weight is 513 g/mol. The summed E-state index contributed by atoms with van der Waals surface area (Å²) in [7, 11) is 0. The van der Waals surface area contributed by atoms with Crippen LogP contribution in [0.4, 0.5) is 0 Å². The molecule has 0 spiro atoms. The molecule has 1 aliphatic heterocycles. The van der Waals surface area contributed by atoms with Gasteiger partial charge in [-0.2, -0.15) is 9.78 Å². The van der Waals surface area contributed by atoms with Crippen LogP contribution < -0.4 is 10.3 Å². The molecular weight excluding hydrogens is 488 g/mol. The number of hydrogen-bond acceptors (Lipinski definition) is 6. The van der Waals surface area contributed by atoms with Gasteiger partial charge in [0.1, 0.15) is 11.6 Å². The third-order valence-corrected chi connectivity index (χ3v) is 5.79. The van der Waals surface area contributed by atoms with Crippen LogP contribution >= 0.6 is 15.9 Å². The lowest BCUT2D eigenvalue weighted by Gasteiger charge is -2.26. The zero-order valence-electron chi connectivity index (χ0n) is 18.4. The Bertz CT molecular complexity index is 1230. The third kappa shape index (κ3) is 5.48. The van der Waals surface area contributed by atoms with E-state index in [2.05, 4.69) is 26.0 Å². The first-order valence-electron chi connectivity index (χ1n) is 10.9. The van der Waals surface area contributed by atoms with E-state index in [1.165, 1.54) is 4.68 Å². The van der Waals surface area contributed by atoms with E-state index in [9.17, 15) is 9.59 Å². The number of hydrogen-bond donors (Lipinski definition) is 0. The van der Waals surface area contributed by atoms with Gasteiger partial charge in [0, 0.05) is 29.5 Å². The van der Waals surface area contributed by atoms with Gasteiger partial charge in [0.2, 0.25) is 0 Å². The number of carbonyl (C=O) groups excluding carboxylic acids is 1. The minimum Gasteiger partial charge on any atom is -0.483 e. The molecule has 0 unspecified atom stereocenters. The molecule has 172 valence electrons. The van der Waals surface area contributed by atoms with Crippen LogP contribution in [0.1, 0.15) is 24.7 Å². The van der Waals surface area contributed by atoms with Crippen LogP contribution in [0.5, 0.6) is 5.75 Å². The predicted molar refractivity (Wildman–Crippen MR) is 130 cm³/mol. The van der Waals surface area contributed by atoms with Crippen molar-refractivity contribution in [2.75, 3.05) is 32.9 Å². The summed E-state index contributed by atoms with van der Waals surface area (Å²) in [6.45, 7) is 4.18. The van der Waals surface area contributed by atoms with E-state index in [4.69, 9.17) is 9.47 Å². The quantitative estimate of drug-likeness (QED) is 0.453. The smallest absolute Gasteiger partial charge is 0.282 e. The number of ether oxygens (including phenoxy) is 2. The molecule has 3 aromatic rings. The van der Waals surface area contributed by atoms with E-state index >= 15 is 0 Å². The predicted octanol–water partition coefficient (Wildman–Crippen LogP) is 3.23. The van der Waals surface area contributed by atoms with E-state index in [0.717, 1.165) is 10.9 Å². The molecule has 0 atom stereocenters. The zero-order chi connectivity index (χ0) is 23.2. The minimum absolute atomic E-state index is 0.0720. The lowest BCUT2D eigenvalue weighted by Crippen LogP contribution is -2.43. The maximum absolute atomic E-state index is 13.2. The number of morpholine rings is 1. The van der Waals surface area contributed by atoms with Gasteiger partial charge < -0.3 is 14.4 Å². The summed E-state index contributed by atoms with van der Waals surface area (Å²) in [4.78, 5) is 32.0. The fraction of sp³-hybridized carbons (Fsp3) is 0.333. The Kier molecular flexibility index (Phi) is 7.51. The minimum atomic E-state index is -0.234. The molecule has 1 amide bonds. The van der Waals surface area contributed by atoms with Gasteiger partial charge in [0.15, 0.2) is 6.61 Å². The summed E-state index contributed by atoms with van der Waals surface area (Å²) in [6, 6.07) is 12.7. The number of fused-ring (bicyclic) bond motifs is 1. The van der Waals surface area contributed by atoms with Crippen molar-refractivity contribution in [2.45, 2.75) is 19.8 Å². The second kappa shape index (κ2) is 10.7. The highest BCUT2D eigenvalue weighted by Crippen LogP contribution is 2.18. The summed E-state index contributed by atoms with van der Waals surface area (Å²) < 4.78 is 13.2. The van der Waals surface area contributed by atoms with Crippen LogP contribution in [0.2, 0.25) is 0 Å². The highest BCUT2D eigenvalue weighted by molar-refractivity contribution is 9.10. The molecule has 1 fully saturated rings. The molecule has 0 aliphatic carbocycles. The normalized spacial score (nSPS) is 14.2. The van der Waals surface area contributed by atoms with Gasteiger partial charge in [-0.05, 0) is 36.8 Å². The van der Waals surface area contributed by atoms with E-state index < -0.39 is 0 Å². The molecule has 4 rings (SSSR count). The van der Waals surface area contributed by atoms with Crippen LogP contribution in [0.25, 0.3) is 10.9 Å². The number of rotatable bonds is 7. The SMILES string of the molecule is CCCc1nc2ccc(Br)cc2c(=O)n1N=Cc1ccccc1OCC(=O)N1CCOCC1. The topological polar surface area (TPSA) is 86.0 Å². The molecule has 2 aromatic carbocycles. The van der Waals surface area contributed by atoms with E-state index in [1.807, 2.05) is 37.3 Å². The molecule has 1 aliphatic rings. The summed E-state index contributed by atoms with van der Waals surface area (Å²) in [5.41, 5.74) is 1.07. The van der Waals surface area contributed by atoms with Crippen molar-refractivity contribution in [1.82, 2.24) is 14.6 Å². The fourth-order valence-electron chi connectivity index (χ4n) is 3.58. The van der Waals surface area contributed by atoms with Gasteiger partial charge in [-0.15, -0.1) is 0 Å². The van der Waals surface area contributed by atoms with Crippen molar-refractivity contribution >= 4 is 39.0 Å². The first kappa shape index (κ1) is 23.1. The lowest BCUT2D eigenvalue weighted by molar-refractivity contribution is -0.137. The van der Waals surface area contributed by atoms with E-state index in [0.29, 0.717) is 60.8 Å². The molecule has 2 heterocycles. The molecule has 0 saturated carbocycles. The van der Waals surface area contributed by atoms with Crippen molar-refractivity contribution in [2.24, 2.45) is 5.10 Å². The number of aromatic nitrogens is 2. The third-order valence-electron chi connectivity index (χ3n) is 5.30. The van der Waals surface area contributed by atoms with Crippen LogP contribution in [-0.4, -0.2) is 59.6 Å². The number of aryl methyl sites for hydroxylation is 1. The Balaban J connectivity index is 1.60. The van der Waals surface area contributed by atoms with Gasteiger partial charge in [-0.25, -0.2) is 4.98 Å². The summed E-state index contributed by atoms with van der Waals surface area (Å²) in [5, 5.41) is 4.95. The maximum Gasteiger partial charge on any atom is 0.282 e. The van der Waals surface area contributed by atoms with Crippen LogP contribution in [0, 0.1) is 0 Å². The highest BCUT2D eigenvalue weighted by Gasteiger charge is 2.17. The molecule has 8 nitrogen and oxygen atoms in total. The number of carbonyl (C=O) groups is 1. The van der Waals surface area contributed by atoms with E-state index in [1.54, 1.807) is 23.2 Å². The maximum atomic E-state index is 13.2. The molecule has 9 heteroatoms. The molecule has 33 heavy (non-hydrogen) atoms. The number of benzene rings is 2. The van der Waals surface area contributed by atoms with E-state index in [-0.39, 0.29) is 18.1 Å². The van der Waals surface area contributed by atoms with Crippen molar-refractivity contribution in [3.63, 3.8) is 0 Å². The van der Waals surface area contributed by atoms with Crippen molar-refractivity contribution in [3.8, 4) is 5.75 Å². The van der Waals surface area contributed by atoms with Crippen molar-refractivity contribution in [1.29, 1.82) is 0 Å². The molecule has 0 N–H and O–H groups in total. The Hall–Kier alpha value is -3.04. The number of para-hydroxylation sites is 1. The zero-order valence-corrected chi connectivity index (χ0v) is 20.0. The first-order valence-corrected chi connectivity index (χ1v) is 11.7. The Morgan fingerprint density at radius 3 is 2.82 bits per heavy atom. The van der Waals surface area contributed by atoms with Crippen molar-refractivity contribution in [3.05, 3.63) is 68.7 Å². The van der Waals surface area contributed by atoms with Gasteiger partial charge in [0.25, 0.3) is 11.5 Å². The molecular formula is C24H25BrN4O4. The Morgan fingerprint density at radius 2 is 2.03 bits per heavy atom. The molecule has 1 aromatic heterocycles. The number of amides is 1. The Labute approximate surface area is 200 Å². The second-order valence-electron chi connectivity index (χ2n) is 7.62. The van der Waals surface area contributed by atoms with Gasteiger partial charge in [0.05, 0.1) is 30.3 Å². The average Bonchev–Trinajstić information content (AvgIpc) is 2.84. The summed E-state index contributed by atoms with van der Waals surface area (Å²) in [6.07, 6.45) is 3.01. The molecule has 1 saturated heterocycles. The highest BCUT2D eigenvalue weighted by atomic mass is 79.9. The van der Waals surface area contributed by atoms with Crippen LogP contribution in [0.15, 0.2) is 56.8 Å². The van der Waals surface area contributed by atoms with Crippen LogP contribution in [0.3, 0.4) is 0 Å². The number of nitrogens with zero attached hydrogens (tertiary/aromatic N) is 4. The fourth-order valence-corrected chi connectivity index (χ4v) is 3.94. The largest absolute Gasteiger partial charge is 0.483 e. The van der Waals surface area contributed by atoms with Gasteiger partial charge in [-0.1, -0.05) is 35.0 Å². The molecule has 0 radical (unpaired) electrons. The van der Waals surface area contributed by atoms with Gasteiger partial charge >= 0.3 is 0 Å². The lowest BCUT2D eigenvalue weighted by atomic mass is 10.2. The summed E-state index contributed by atoms with van der Waals surface area (Å²) in [5.74, 6) is 1.02. The second-order valence-corrected chi connectivity index (χ2v) is 8.54. The summed E-state index contributed by atoms with van der Waals surface area (Å²) >= 11 is 3.41. The standard InChI is InChI=1S/C24H25BrN4O4/c1-2-5-22-27-20-9-8-18(25)14-19(20)24(31)29(22)26-15-17-6-3-4-7-21(17)33-16-23(30)28-10-12-32-13-11-28/h3-4,6-9,14-15H,2,5,10-13,16H2,1H3. The molecule has 0 bridgehead atoms. The monoisotopic (exact) mass is 512 g/mol. The van der Waals surface area contributed by atoms with Crippen LogP contribution in [-0.2, 0) is 16.0 Å². The number of halogens is 1. The Morgan fingerprint density at radius 1 is 1.24 bits per heavy atom. The first-order chi connectivity index (χ1) is 16.1.